The lowest BCUT2D eigenvalue weighted by Gasteiger charge is -2.24. The Bertz CT molecular complexity index is 669. The zero-order chi connectivity index (χ0) is 17.0. The summed E-state index contributed by atoms with van der Waals surface area (Å²) in [5, 5.41) is 9.06. The van der Waals surface area contributed by atoms with Crippen LogP contribution in [0.4, 0.5) is 30.6 Å². The molecule has 1 fully saturated rings. The molecule has 3 N–H and O–H groups in total. The van der Waals surface area contributed by atoms with Gasteiger partial charge in [0.15, 0.2) is 0 Å². The van der Waals surface area contributed by atoms with Gasteiger partial charge in [0.2, 0.25) is 5.95 Å². The van der Waals surface area contributed by atoms with E-state index in [0.29, 0.717) is 5.69 Å². The van der Waals surface area contributed by atoms with Gasteiger partial charge in [-0.3, -0.25) is 0 Å². The van der Waals surface area contributed by atoms with E-state index in [9.17, 15) is 13.2 Å². The van der Waals surface area contributed by atoms with E-state index < -0.39 is 11.7 Å². The molecule has 1 aromatic carbocycles. The van der Waals surface area contributed by atoms with Crippen molar-refractivity contribution in [3.63, 3.8) is 0 Å². The summed E-state index contributed by atoms with van der Waals surface area (Å²) in [5.41, 5.74) is -0.356. The fourth-order valence-corrected chi connectivity index (χ4v) is 2.57. The van der Waals surface area contributed by atoms with Gasteiger partial charge in [0.1, 0.15) is 11.4 Å². The van der Waals surface area contributed by atoms with Crippen LogP contribution in [0.15, 0.2) is 36.5 Å². The van der Waals surface area contributed by atoms with Crippen LogP contribution in [0.5, 0.6) is 0 Å². The number of rotatable bonds is 4. The van der Waals surface area contributed by atoms with Crippen LogP contribution in [0.3, 0.4) is 0 Å². The van der Waals surface area contributed by atoms with Gasteiger partial charge in [0.05, 0.1) is 0 Å². The first kappa shape index (κ1) is 16.5. The number of alkyl halides is 3. The van der Waals surface area contributed by atoms with Crippen molar-refractivity contribution >= 4 is 17.5 Å². The second kappa shape index (κ2) is 7.04. The maximum Gasteiger partial charge on any atom is 0.421 e. The Morgan fingerprint density at radius 3 is 2.62 bits per heavy atom. The fraction of sp³-hybridized carbons (Fsp3) is 0.375. The van der Waals surface area contributed by atoms with Gasteiger partial charge in [-0.1, -0.05) is 18.2 Å². The van der Waals surface area contributed by atoms with Crippen molar-refractivity contribution in [2.75, 3.05) is 23.7 Å². The Kier molecular flexibility index (Phi) is 4.84. The second-order valence-corrected chi connectivity index (χ2v) is 5.63. The number of anilines is 3. The van der Waals surface area contributed by atoms with Crippen molar-refractivity contribution in [2.24, 2.45) is 0 Å². The maximum absolute atomic E-state index is 13.2. The lowest BCUT2D eigenvalue weighted by Crippen LogP contribution is -2.38. The summed E-state index contributed by atoms with van der Waals surface area (Å²) in [6.07, 6.45) is -1.77. The van der Waals surface area contributed by atoms with Gasteiger partial charge in [-0.2, -0.15) is 18.2 Å². The van der Waals surface area contributed by atoms with E-state index in [1.165, 1.54) is 0 Å². The molecule has 1 aromatic heterocycles. The van der Waals surface area contributed by atoms with Gasteiger partial charge in [0.25, 0.3) is 0 Å². The first-order chi connectivity index (χ1) is 11.5. The van der Waals surface area contributed by atoms with E-state index in [4.69, 9.17) is 0 Å². The van der Waals surface area contributed by atoms with E-state index in [0.717, 1.165) is 32.1 Å². The lowest BCUT2D eigenvalue weighted by molar-refractivity contribution is -0.137. The van der Waals surface area contributed by atoms with Crippen LogP contribution >= 0.6 is 0 Å². The molecular weight excluding hydrogens is 319 g/mol. The van der Waals surface area contributed by atoms with Crippen molar-refractivity contribution in [3.8, 4) is 0 Å². The molecule has 1 aliphatic rings. The van der Waals surface area contributed by atoms with E-state index in [1.54, 1.807) is 30.3 Å². The maximum atomic E-state index is 13.2. The molecule has 1 aliphatic heterocycles. The molecule has 0 bridgehead atoms. The molecule has 0 radical (unpaired) electrons. The molecule has 0 aliphatic carbocycles. The van der Waals surface area contributed by atoms with Crippen LogP contribution in [0.1, 0.15) is 18.4 Å². The van der Waals surface area contributed by atoms with Crippen LogP contribution in [0.25, 0.3) is 0 Å². The average Bonchev–Trinajstić information content (AvgIpc) is 2.56. The highest BCUT2D eigenvalue weighted by Crippen LogP contribution is 2.35. The van der Waals surface area contributed by atoms with E-state index >= 15 is 0 Å². The van der Waals surface area contributed by atoms with E-state index in [-0.39, 0.29) is 17.8 Å². The predicted octanol–water partition coefficient (Wildman–Crippen LogP) is 3.40. The zero-order valence-electron chi connectivity index (χ0n) is 12.9. The number of para-hydroxylation sites is 1. The molecule has 1 saturated heterocycles. The number of benzene rings is 1. The summed E-state index contributed by atoms with van der Waals surface area (Å²) in [5.74, 6) is -0.0647. The molecule has 128 valence electrons. The molecular formula is C16H18F3N5. The standard InChI is InChI=1S/C16H18F3N5/c17-16(18,19)13-10-21-15(23-12-7-4-8-20-9-12)24-14(13)22-11-5-2-1-3-6-11/h1-3,5-6,10,12,20H,4,7-9H2,(H2,21,22,23,24). The summed E-state index contributed by atoms with van der Waals surface area (Å²) in [6, 6.07) is 8.74. The Labute approximate surface area is 137 Å². The molecule has 24 heavy (non-hydrogen) atoms. The molecule has 0 spiro atoms. The minimum absolute atomic E-state index is 0.111. The molecule has 5 nitrogen and oxygen atoms in total. The molecule has 3 rings (SSSR count). The van der Waals surface area contributed by atoms with Crippen molar-refractivity contribution in [1.82, 2.24) is 15.3 Å². The fourth-order valence-electron chi connectivity index (χ4n) is 2.57. The summed E-state index contributed by atoms with van der Waals surface area (Å²) in [7, 11) is 0. The highest BCUT2D eigenvalue weighted by atomic mass is 19.4. The molecule has 0 saturated carbocycles. The van der Waals surface area contributed by atoms with Gasteiger partial charge < -0.3 is 16.0 Å². The number of piperidine rings is 1. The van der Waals surface area contributed by atoms with Gasteiger partial charge in [-0.15, -0.1) is 0 Å². The molecule has 8 heteroatoms. The number of hydrogen-bond acceptors (Lipinski definition) is 5. The van der Waals surface area contributed by atoms with Crippen LogP contribution in [0, 0.1) is 0 Å². The third-order valence-corrected chi connectivity index (χ3v) is 3.76. The minimum atomic E-state index is -4.53. The van der Waals surface area contributed by atoms with Crippen LogP contribution < -0.4 is 16.0 Å². The second-order valence-electron chi connectivity index (χ2n) is 5.63. The topological polar surface area (TPSA) is 61.9 Å². The Hall–Kier alpha value is -2.35. The van der Waals surface area contributed by atoms with Crippen molar-refractivity contribution in [1.29, 1.82) is 0 Å². The van der Waals surface area contributed by atoms with Crippen LogP contribution in [-0.2, 0) is 6.18 Å². The summed E-state index contributed by atoms with van der Waals surface area (Å²) < 4.78 is 39.6. The number of halogens is 3. The predicted molar refractivity (Wildman–Crippen MR) is 86.3 cm³/mol. The number of aromatic nitrogens is 2. The SMILES string of the molecule is FC(F)(F)c1cnc(NC2CCCNC2)nc1Nc1ccccc1. The molecule has 1 unspecified atom stereocenters. The third kappa shape index (κ3) is 4.14. The van der Waals surface area contributed by atoms with Gasteiger partial charge in [-0.05, 0) is 31.5 Å². The summed E-state index contributed by atoms with van der Waals surface area (Å²) >= 11 is 0. The van der Waals surface area contributed by atoms with Gasteiger partial charge in [0, 0.05) is 24.5 Å². The minimum Gasteiger partial charge on any atom is -0.350 e. The average molecular weight is 337 g/mol. The van der Waals surface area contributed by atoms with Gasteiger partial charge in [-0.25, -0.2) is 4.98 Å². The van der Waals surface area contributed by atoms with Crippen LogP contribution in [-0.4, -0.2) is 29.1 Å². The zero-order valence-corrected chi connectivity index (χ0v) is 12.9. The Morgan fingerprint density at radius 2 is 1.96 bits per heavy atom. The van der Waals surface area contributed by atoms with Crippen LogP contribution in [0.2, 0.25) is 0 Å². The molecule has 1 atom stereocenters. The number of nitrogens with one attached hydrogen (secondary N) is 3. The first-order valence-electron chi connectivity index (χ1n) is 7.76. The third-order valence-electron chi connectivity index (χ3n) is 3.76. The van der Waals surface area contributed by atoms with E-state index in [1.807, 2.05) is 0 Å². The summed E-state index contributed by atoms with van der Waals surface area (Å²) in [4.78, 5) is 7.88. The highest BCUT2D eigenvalue weighted by molar-refractivity contribution is 5.60. The number of hydrogen-bond donors (Lipinski definition) is 3. The highest BCUT2D eigenvalue weighted by Gasteiger charge is 2.35. The van der Waals surface area contributed by atoms with Crippen molar-refractivity contribution < 1.29 is 13.2 Å². The number of nitrogens with zero attached hydrogens (tertiary/aromatic N) is 2. The summed E-state index contributed by atoms with van der Waals surface area (Å²) in [6.45, 7) is 1.69. The Balaban J connectivity index is 1.85. The monoisotopic (exact) mass is 337 g/mol. The quantitative estimate of drug-likeness (QED) is 0.798. The smallest absolute Gasteiger partial charge is 0.350 e. The van der Waals surface area contributed by atoms with Crippen molar-refractivity contribution in [2.45, 2.75) is 25.1 Å². The molecule has 0 amide bonds. The molecule has 2 heterocycles. The van der Waals surface area contributed by atoms with Crippen molar-refractivity contribution in [3.05, 3.63) is 42.1 Å². The Morgan fingerprint density at radius 1 is 1.17 bits per heavy atom. The largest absolute Gasteiger partial charge is 0.421 e. The molecule has 2 aromatic rings. The normalized spacial score (nSPS) is 18.2. The first-order valence-corrected chi connectivity index (χ1v) is 7.76. The lowest BCUT2D eigenvalue weighted by atomic mass is 10.1. The van der Waals surface area contributed by atoms with Gasteiger partial charge >= 0.3 is 6.18 Å². The van der Waals surface area contributed by atoms with E-state index in [2.05, 4.69) is 25.9 Å².